The summed E-state index contributed by atoms with van der Waals surface area (Å²) in [6.45, 7) is 2.58. The van der Waals surface area contributed by atoms with Gasteiger partial charge in [-0.2, -0.15) is 0 Å². The van der Waals surface area contributed by atoms with E-state index in [1.54, 1.807) is 6.07 Å². The largest absolute Gasteiger partial charge is 0.396 e. The molecule has 1 atom stereocenters. The van der Waals surface area contributed by atoms with Crippen LogP contribution in [0.25, 0.3) is 0 Å². The molecule has 1 aromatic rings. The van der Waals surface area contributed by atoms with Crippen molar-refractivity contribution in [2.24, 2.45) is 11.8 Å². The molecule has 1 fully saturated rings. The highest BCUT2D eigenvalue weighted by Gasteiger charge is 2.23. The van der Waals surface area contributed by atoms with Crippen LogP contribution in [0, 0.1) is 5.92 Å². The average molecular weight is 240 g/mol. The number of rotatable bonds is 4. The number of likely N-dealkylation sites (tertiary alicyclic amines) is 1. The Morgan fingerprint density at radius 1 is 1.76 bits per heavy atom. The summed E-state index contributed by atoms with van der Waals surface area (Å²) in [5.41, 5.74) is 2.18. The Morgan fingerprint density at radius 3 is 3.24 bits per heavy atom. The van der Waals surface area contributed by atoms with Crippen LogP contribution >= 0.6 is 0 Å². The van der Waals surface area contributed by atoms with Crippen molar-refractivity contribution >= 4 is 5.91 Å². The van der Waals surface area contributed by atoms with Gasteiger partial charge in [-0.1, -0.05) is 5.16 Å². The third kappa shape index (κ3) is 2.82. The van der Waals surface area contributed by atoms with E-state index in [9.17, 15) is 4.79 Å². The van der Waals surface area contributed by atoms with Gasteiger partial charge in [0.2, 0.25) is 0 Å². The van der Waals surface area contributed by atoms with Crippen LogP contribution in [0.4, 0.5) is 0 Å². The zero-order chi connectivity index (χ0) is 12.3. The number of carbonyl (C=O) groups is 1. The Bertz CT molecular complexity index is 393. The van der Waals surface area contributed by atoms with Crippen molar-refractivity contribution in [2.75, 3.05) is 19.7 Å². The fourth-order valence-electron chi connectivity index (χ4n) is 1.99. The fourth-order valence-corrected chi connectivity index (χ4v) is 1.99. The van der Waals surface area contributed by atoms with E-state index < -0.39 is 5.91 Å². The van der Waals surface area contributed by atoms with E-state index in [0.29, 0.717) is 18.2 Å². The summed E-state index contributed by atoms with van der Waals surface area (Å²) in [4.78, 5) is 13.3. The predicted molar refractivity (Wildman–Crippen MR) is 58.6 cm³/mol. The molecule has 17 heavy (non-hydrogen) atoms. The molecule has 0 aromatic carbocycles. The smallest absolute Gasteiger partial charge is 0.287 e. The second-order valence-electron chi connectivity index (χ2n) is 4.22. The highest BCUT2D eigenvalue weighted by molar-refractivity contribution is 5.91. The first-order valence-corrected chi connectivity index (χ1v) is 5.52. The molecule has 1 aliphatic heterocycles. The first kappa shape index (κ1) is 12.0. The molecule has 1 unspecified atom stereocenters. The number of hydrazine groups is 1. The van der Waals surface area contributed by atoms with Crippen LogP contribution in [-0.2, 0) is 6.54 Å². The third-order valence-corrected chi connectivity index (χ3v) is 2.93. The zero-order valence-electron chi connectivity index (χ0n) is 9.43. The number of hydrogen-bond acceptors (Lipinski definition) is 6. The number of carbonyl (C=O) groups excluding carboxylic acids is 1. The molecular formula is C10H16N4O3. The monoisotopic (exact) mass is 240 g/mol. The van der Waals surface area contributed by atoms with Crippen molar-refractivity contribution in [1.29, 1.82) is 0 Å². The molecule has 0 bridgehead atoms. The number of hydrogen-bond donors (Lipinski definition) is 3. The normalized spacial score (nSPS) is 20.7. The van der Waals surface area contributed by atoms with Crippen molar-refractivity contribution in [1.82, 2.24) is 15.5 Å². The summed E-state index contributed by atoms with van der Waals surface area (Å²) in [5, 5.41) is 12.7. The van der Waals surface area contributed by atoms with E-state index in [2.05, 4.69) is 10.1 Å². The lowest BCUT2D eigenvalue weighted by atomic mass is 10.1. The van der Waals surface area contributed by atoms with Gasteiger partial charge in [0.15, 0.2) is 11.5 Å². The lowest BCUT2D eigenvalue weighted by Crippen LogP contribution is -2.30. The average Bonchev–Trinajstić information content (AvgIpc) is 2.97. The maximum absolute atomic E-state index is 11.2. The Kier molecular flexibility index (Phi) is 3.72. The lowest BCUT2D eigenvalue weighted by Gasteiger charge is -2.12. The van der Waals surface area contributed by atoms with E-state index >= 15 is 0 Å². The minimum absolute atomic E-state index is 0.181. The summed E-state index contributed by atoms with van der Waals surface area (Å²) in [6.07, 6.45) is 0.987. The van der Waals surface area contributed by atoms with E-state index in [1.165, 1.54) is 0 Å². The summed E-state index contributed by atoms with van der Waals surface area (Å²) in [5.74, 6) is 5.50. The van der Waals surface area contributed by atoms with Crippen LogP contribution in [-0.4, -0.2) is 40.8 Å². The molecule has 94 valence electrons. The Balaban J connectivity index is 1.91. The number of aromatic nitrogens is 1. The molecular weight excluding hydrogens is 224 g/mol. The molecule has 1 aliphatic rings. The van der Waals surface area contributed by atoms with Crippen LogP contribution < -0.4 is 11.3 Å². The van der Waals surface area contributed by atoms with E-state index in [-0.39, 0.29) is 12.3 Å². The Labute approximate surface area is 98.5 Å². The minimum Gasteiger partial charge on any atom is -0.396 e. The molecule has 1 aromatic heterocycles. The Morgan fingerprint density at radius 2 is 2.59 bits per heavy atom. The van der Waals surface area contributed by atoms with Crippen molar-refractivity contribution in [3.8, 4) is 0 Å². The Hall–Kier alpha value is -1.44. The molecule has 1 saturated heterocycles. The second kappa shape index (κ2) is 5.26. The maximum atomic E-state index is 11.2. The number of nitrogen functional groups attached to an aromatic ring is 1. The molecule has 2 heterocycles. The van der Waals surface area contributed by atoms with Gasteiger partial charge in [0.1, 0.15) is 0 Å². The molecule has 7 heteroatoms. The highest BCUT2D eigenvalue weighted by Crippen LogP contribution is 2.18. The number of nitrogens with two attached hydrogens (primary N) is 1. The zero-order valence-corrected chi connectivity index (χ0v) is 9.43. The van der Waals surface area contributed by atoms with E-state index in [4.69, 9.17) is 15.5 Å². The fraction of sp³-hybridized carbons (Fsp3) is 0.600. The first-order valence-electron chi connectivity index (χ1n) is 5.52. The van der Waals surface area contributed by atoms with Gasteiger partial charge in [-0.15, -0.1) is 0 Å². The van der Waals surface area contributed by atoms with Crippen molar-refractivity contribution < 1.29 is 14.4 Å². The van der Waals surface area contributed by atoms with E-state index in [1.807, 2.05) is 5.43 Å². The minimum atomic E-state index is -0.463. The predicted octanol–water partition coefficient (Wildman–Crippen LogP) is -0.908. The summed E-state index contributed by atoms with van der Waals surface area (Å²) >= 11 is 0. The van der Waals surface area contributed by atoms with Gasteiger partial charge in [-0.25, -0.2) is 5.84 Å². The number of amides is 1. The topological polar surface area (TPSA) is 105 Å². The standard InChI is InChI=1S/C10H16N4O3/c11-12-10(16)9-3-8(17-13-9)5-14-2-1-7(4-14)6-15/h3,7,15H,1-2,4-6,11H2,(H,12,16). The quantitative estimate of drug-likeness (QED) is 0.357. The summed E-state index contributed by atoms with van der Waals surface area (Å²) in [7, 11) is 0. The molecule has 0 radical (unpaired) electrons. The highest BCUT2D eigenvalue weighted by atomic mass is 16.5. The van der Waals surface area contributed by atoms with Gasteiger partial charge in [0, 0.05) is 19.2 Å². The SMILES string of the molecule is NNC(=O)c1cc(CN2CCC(CO)C2)on1. The molecule has 1 amide bonds. The summed E-state index contributed by atoms with van der Waals surface area (Å²) < 4.78 is 5.05. The van der Waals surface area contributed by atoms with Crippen LogP contribution in [0.15, 0.2) is 10.6 Å². The first-order chi connectivity index (χ1) is 8.22. The van der Waals surface area contributed by atoms with Crippen molar-refractivity contribution in [3.63, 3.8) is 0 Å². The van der Waals surface area contributed by atoms with Crippen molar-refractivity contribution in [2.45, 2.75) is 13.0 Å². The number of aliphatic hydroxyl groups is 1. The molecule has 0 saturated carbocycles. The third-order valence-electron chi connectivity index (χ3n) is 2.93. The summed E-state index contributed by atoms with van der Waals surface area (Å²) in [6, 6.07) is 1.58. The van der Waals surface area contributed by atoms with Gasteiger partial charge in [0.05, 0.1) is 6.54 Å². The lowest BCUT2D eigenvalue weighted by molar-refractivity contribution is 0.0944. The maximum Gasteiger partial charge on any atom is 0.287 e. The van der Waals surface area contributed by atoms with Gasteiger partial charge in [0.25, 0.3) is 5.91 Å². The number of nitrogens with one attached hydrogen (secondary N) is 1. The molecule has 7 nitrogen and oxygen atoms in total. The second-order valence-corrected chi connectivity index (χ2v) is 4.22. The van der Waals surface area contributed by atoms with Gasteiger partial charge in [-0.3, -0.25) is 15.1 Å². The molecule has 2 rings (SSSR count). The molecule has 4 N–H and O–H groups in total. The van der Waals surface area contributed by atoms with Gasteiger partial charge < -0.3 is 9.63 Å². The number of aliphatic hydroxyl groups excluding tert-OH is 1. The van der Waals surface area contributed by atoms with E-state index in [0.717, 1.165) is 19.5 Å². The van der Waals surface area contributed by atoms with Crippen LogP contribution in [0.5, 0.6) is 0 Å². The van der Waals surface area contributed by atoms with Crippen LogP contribution in [0.3, 0.4) is 0 Å². The molecule has 0 spiro atoms. The van der Waals surface area contributed by atoms with Crippen molar-refractivity contribution in [3.05, 3.63) is 17.5 Å². The molecule has 0 aliphatic carbocycles. The van der Waals surface area contributed by atoms with Gasteiger partial charge in [-0.05, 0) is 18.9 Å². The van der Waals surface area contributed by atoms with Crippen LogP contribution in [0.1, 0.15) is 22.7 Å². The van der Waals surface area contributed by atoms with Gasteiger partial charge >= 0.3 is 0 Å². The number of nitrogens with zero attached hydrogens (tertiary/aromatic N) is 2. The van der Waals surface area contributed by atoms with Crippen LogP contribution in [0.2, 0.25) is 0 Å².